The lowest BCUT2D eigenvalue weighted by Crippen LogP contribution is -2.16. The molecule has 1 aliphatic carbocycles. The van der Waals surface area contributed by atoms with Crippen molar-refractivity contribution in [3.8, 4) is 0 Å². The highest BCUT2D eigenvalue weighted by molar-refractivity contribution is 5.60. The number of hydrogen-bond acceptors (Lipinski definition) is 3. The zero-order chi connectivity index (χ0) is 12.8. The van der Waals surface area contributed by atoms with Crippen molar-refractivity contribution in [1.82, 2.24) is 5.32 Å². The van der Waals surface area contributed by atoms with Crippen LogP contribution in [0.2, 0.25) is 0 Å². The third kappa shape index (κ3) is 2.90. The third-order valence-electron chi connectivity index (χ3n) is 2.81. The first kappa shape index (κ1) is 12.2. The normalized spacial score (nSPS) is 14.4. The number of hydrogen-bond donors (Lipinski definition) is 1. The summed E-state index contributed by atoms with van der Waals surface area (Å²) in [4.78, 5) is 10.6. The first-order valence-electron chi connectivity index (χ1n) is 5.80. The molecular weight excluding hydrogens is 226 g/mol. The van der Waals surface area contributed by atoms with Gasteiger partial charge in [-0.2, -0.15) is 0 Å². The van der Waals surface area contributed by atoms with E-state index >= 15 is 0 Å². The summed E-state index contributed by atoms with van der Waals surface area (Å²) in [5.74, 6) is 2.67. The molecule has 0 saturated heterocycles. The lowest BCUT2D eigenvalue weighted by atomic mass is 10.1. The van der Waals surface area contributed by atoms with E-state index in [4.69, 9.17) is 4.74 Å². The van der Waals surface area contributed by atoms with Crippen LogP contribution in [0.4, 0.5) is 0 Å². The highest BCUT2D eigenvalue weighted by Crippen LogP contribution is 2.20. The molecule has 3 heteroatoms. The minimum atomic E-state index is 0.494. The molecule has 1 aromatic carbocycles. The Bertz CT molecular complexity index is 523. The summed E-state index contributed by atoms with van der Waals surface area (Å²) in [5, 5.41) is 3.31. The molecular formula is C15H15NO2. The van der Waals surface area contributed by atoms with Gasteiger partial charge in [-0.25, -0.2) is 4.79 Å². The predicted molar refractivity (Wildman–Crippen MR) is 70.3 cm³/mol. The molecule has 0 spiro atoms. The second-order valence-electron chi connectivity index (χ2n) is 4.02. The average molecular weight is 241 g/mol. The van der Waals surface area contributed by atoms with E-state index in [2.05, 4.69) is 17.4 Å². The van der Waals surface area contributed by atoms with Crippen molar-refractivity contribution in [2.24, 2.45) is 0 Å². The Morgan fingerprint density at radius 1 is 1.28 bits per heavy atom. The van der Waals surface area contributed by atoms with Crippen molar-refractivity contribution in [3.05, 3.63) is 65.1 Å². The van der Waals surface area contributed by atoms with E-state index in [0.29, 0.717) is 12.0 Å². The molecule has 1 aromatic rings. The van der Waals surface area contributed by atoms with E-state index in [1.54, 1.807) is 13.2 Å². The topological polar surface area (TPSA) is 38.3 Å². The van der Waals surface area contributed by atoms with Crippen LogP contribution in [0.5, 0.6) is 0 Å². The second kappa shape index (κ2) is 5.89. The first-order chi connectivity index (χ1) is 8.83. The van der Waals surface area contributed by atoms with Crippen LogP contribution in [-0.2, 0) is 16.1 Å². The fraction of sp³-hybridized carbons (Fsp3) is 0.200. The van der Waals surface area contributed by atoms with E-state index in [1.807, 2.05) is 30.2 Å². The number of allylic oxidation sites excluding steroid dienone is 3. The van der Waals surface area contributed by atoms with Crippen molar-refractivity contribution in [3.63, 3.8) is 0 Å². The molecule has 3 nitrogen and oxygen atoms in total. The Morgan fingerprint density at radius 3 is 2.72 bits per heavy atom. The molecule has 1 aliphatic rings. The van der Waals surface area contributed by atoms with Gasteiger partial charge in [0.25, 0.3) is 0 Å². The van der Waals surface area contributed by atoms with Gasteiger partial charge in [-0.3, -0.25) is 0 Å². The van der Waals surface area contributed by atoms with Crippen LogP contribution in [0.3, 0.4) is 0 Å². The molecule has 0 aliphatic heterocycles. The minimum absolute atomic E-state index is 0.494. The molecule has 2 rings (SSSR count). The number of benzene rings is 1. The summed E-state index contributed by atoms with van der Waals surface area (Å²) in [7, 11) is 1.61. The molecule has 0 unspecified atom stereocenters. The van der Waals surface area contributed by atoms with Crippen molar-refractivity contribution < 1.29 is 9.53 Å². The highest BCUT2D eigenvalue weighted by atomic mass is 16.5. The molecule has 0 atom stereocenters. The maximum atomic E-state index is 10.6. The number of nitrogens with one attached hydrogen (secondary N) is 1. The third-order valence-corrected chi connectivity index (χ3v) is 2.81. The van der Waals surface area contributed by atoms with Crippen LogP contribution < -0.4 is 5.32 Å². The van der Waals surface area contributed by atoms with Gasteiger partial charge < -0.3 is 10.1 Å². The fourth-order valence-electron chi connectivity index (χ4n) is 1.81. The Kier molecular flexibility index (Phi) is 4.00. The van der Waals surface area contributed by atoms with Crippen LogP contribution in [0.15, 0.2) is 59.5 Å². The molecule has 0 bridgehead atoms. The summed E-state index contributed by atoms with van der Waals surface area (Å²) < 4.78 is 5.29. The molecule has 0 aromatic heterocycles. The standard InChI is InChI=1S/C15H15NO2/c1-18-15-9-13(11-17)7-8-14(15)16-10-12-5-3-2-4-6-12/h2-8,16H,9-10H2,1H3. The smallest absolute Gasteiger partial charge is 0.128 e. The van der Waals surface area contributed by atoms with Crippen molar-refractivity contribution in [2.75, 3.05) is 7.11 Å². The van der Waals surface area contributed by atoms with Gasteiger partial charge in [0.1, 0.15) is 11.7 Å². The lowest BCUT2D eigenvalue weighted by molar-refractivity contribution is 0.276. The summed E-state index contributed by atoms with van der Waals surface area (Å²) in [6.07, 6.45) is 4.11. The predicted octanol–water partition coefficient (Wildman–Crippen LogP) is 2.35. The summed E-state index contributed by atoms with van der Waals surface area (Å²) in [6.45, 7) is 0.730. The summed E-state index contributed by atoms with van der Waals surface area (Å²) in [5.41, 5.74) is 2.73. The SMILES string of the molecule is COC1=C(NCc2ccccc2)C=CC(=C=O)C1. The van der Waals surface area contributed by atoms with Gasteiger partial charge in [0.05, 0.1) is 12.8 Å². The van der Waals surface area contributed by atoms with E-state index in [0.717, 1.165) is 18.0 Å². The number of carbonyl (C=O) groups excluding carboxylic acids is 1. The molecule has 18 heavy (non-hydrogen) atoms. The van der Waals surface area contributed by atoms with E-state index in [9.17, 15) is 4.79 Å². The van der Waals surface area contributed by atoms with Gasteiger partial charge in [0, 0.05) is 18.5 Å². The van der Waals surface area contributed by atoms with E-state index < -0.39 is 0 Å². The van der Waals surface area contributed by atoms with Crippen LogP contribution in [0.1, 0.15) is 12.0 Å². The van der Waals surface area contributed by atoms with Crippen LogP contribution >= 0.6 is 0 Å². The first-order valence-corrected chi connectivity index (χ1v) is 5.80. The molecule has 0 heterocycles. The molecule has 0 fully saturated rings. The van der Waals surface area contributed by atoms with Crippen molar-refractivity contribution in [2.45, 2.75) is 13.0 Å². The highest BCUT2D eigenvalue weighted by Gasteiger charge is 2.12. The second-order valence-corrected chi connectivity index (χ2v) is 4.02. The van der Waals surface area contributed by atoms with E-state index in [-0.39, 0.29) is 0 Å². The Balaban J connectivity index is 2.07. The molecule has 0 radical (unpaired) electrons. The average Bonchev–Trinajstić information content (AvgIpc) is 2.46. The largest absolute Gasteiger partial charge is 0.499 e. The number of ether oxygens (including phenoxy) is 1. The maximum absolute atomic E-state index is 10.6. The molecule has 92 valence electrons. The van der Waals surface area contributed by atoms with E-state index in [1.165, 1.54) is 5.56 Å². The van der Waals surface area contributed by atoms with Gasteiger partial charge in [-0.1, -0.05) is 30.3 Å². The maximum Gasteiger partial charge on any atom is 0.128 e. The zero-order valence-electron chi connectivity index (χ0n) is 10.3. The molecule has 1 N–H and O–H groups in total. The number of methoxy groups -OCH3 is 1. The number of rotatable bonds is 4. The van der Waals surface area contributed by atoms with Gasteiger partial charge >= 0.3 is 0 Å². The van der Waals surface area contributed by atoms with Crippen LogP contribution in [-0.4, -0.2) is 13.1 Å². The van der Waals surface area contributed by atoms with Crippen molar-refractivity contribution >= 4 is 5.94 Å². The Morgan fingerprint density at radius 2 is 2.06 bits per heavy atom. The lowest BCUT2D eigenvalue weighted by Gasteiger charge is -2.16. The van der Waals surface area contributed by atoms with Gasteiger partial charge in [0.15, 0.2) is 0 Å². The minimum Gasteiger partial charge on any atom is -0.499 e. The monoisotopic (exact) mass is 241 g/mol. The fourth-order valence-corrected chi connectivity index (χ4v) is 1.81. The van der Waals surface area contributed by atoms with Crippen LogP contribution in [0.25, 0.3) is 0 Å². The van der Waals surface area contributed by atoms with Gasteiger partial charge in [-0.15, -0.1) is 0 Å². The van der Waals surface area contributed by atoms with Gasteiger partial charge in [0.2, 0.25) is 0 Å². The van der Waals surface area contributed by atoms with Crippen LogP contribution in [0, 0.1) is 0 Å². The summed E-state index contributed by atoms with van der Waals surface area (Å²) >= 11 is 0. The zero-order valence-corrected chi connectivity index (χ0v) is 10.3. The Hall–Kier alpha value is -2.25. The molecule has 0 saturated carbocycles. The molecule has 0 amide bonds. The quantitative estimate of drug-likeness (QED) is 0.822. The van der Waals surface area contributed by atoms with Gasteiger partial charge in [-0.05, 0) is 17.7 Å². The summed E-state index contributed by atoms with van der Waals surface area (Å²) in [6, 6.07) is 10.1. The Labute approximate surface area is 106 Å². The van der Waals surface area contributed by atoms with Crippen molar-refractivity contribution in [1.29, 1.82) is 0 Å².